The molecule has 0 bridgehead atoms. The van der Waals surface area contributed by atoms with Gasteiger partial charge < -0.3 is 5.32 Å². The van der Waals surface area contributed by atoms with Gasteiger partial charge in [0.15, 0.2) is 0 Å². The quantitative estimate of drug-likeness (QED) is 0.734. The van der Waals surface area contributed by atoms with Crippen molar-refractivity contribution in [1.29, 1.82) is 0 Å². The summed E-state index contributed by atoms with van der Waals surface area (Å²) >= 11 is 0. The number of piperidine rings is 1. The summed E-state index contributed by atoms with van der Waals surface area (Å²) in [6, 6.07) is 14.4. The minimum atomic E-state index is -3.57. The summed E-state index contributed by atoms with van der Waals surface area (Å²) < 4.78 is 25.7. The van der Waals surface area contributed by atoms with E-state index in [-0.39, 0.29) is 10.8 Å². The largest absolute Gasteiger partial charge is 0.348 e. The lowest BCUT2D eigenvalue weighted by Gasteiger charge is -2.30. The van der Waals surface area contributed by atoms with Crippen molar-refractivity contribution in [2.75, 3.05) is 27.2 Å². The van der Waals surface area contributed by atoms with E-state index in [9.17, 15) is 13.2 Å². The van der Waals surface area contributed by atoms with Crippen molar-refractivity contribution in [3.63, 3.8) is 0 Å². The number of sulfonamides is 1. The minimum absolute atomic E-state index is 0.108. The fraction of sp³-hybridized carbons (Fsp3) is 0.435. The summed E-state index contributed by atoms with van der Waals surface area (Å²) in [5, 5.41) is 2.87. The fourth-order valence-electron chi connectivity index (χ4n) is 3.53. The van der Waals surface area contributed by atoms with E-state index in [2.05, 4.69) is 29.3 Å². The lowest BCUT2D eigenvalue weighted by atomic mass is 9.99. The van der Waals surface area contributed by atoms with E-state index in [0.717, 1.165) is 35.4 Å². The molecule has 162 valence electrons. The number of hydrogen-bond donors (Lipinski definition) is 1. The van der Waals surface area contributed by atoms with Gasteiger partial charge in [0.25, 0.3) is 5.91 Å². The van der Waals surface area contributed by atoms with E-state index in [4.69, 9.17) is 0 Å². The summed E-state index contributed by atoms with van der Waals surface area (Å²) in [6.07, 6.45) is 2.53. The van der Waals surface area contributed by atoms with Crippen molar-refractivity contribution in [3.8, 4) is 0 Å². The van der Waals surface area contributed by atoms with Gasteiger partial charge in [-0.25, -0.2) is 12.7 Å². The molecule has 30 heavy (non-hydrogen) atoms. The van der Waals surface area contributed by atoms with Gasteiger partial charge in [0.2, 0.25) is 10.0 Å². The van der Waals surface area contributed by atoms with Gasteiger partial charge in [-0.1, -0.05) is 37.3 Å². The molecule has 1 aliphatic heterocycles. The number of nitrogens with one attached hydrogen (secondary N) is 1. The highest BCUT2D eigenvalue weighted by molar-refractivity contribution is 7.89. The molecule has 0 aliphatic carbocycles. The number of rotatable bonds is 7. The van der Waals surface area contributed by atoms with Crippen molar-refractivity contribution in [2.45, 2.75) is 37.8 Å². The second-order valence-corrected chi connectivity index (χ2v) is 10.4. The average Bonchev–Trinajstić information content (AvgIpc) is 2.74. The average molecular weight is 430 g/mol. The molecule has 0 aromatic heterocycles. The van der Waals surface area contributed by atoms with Gasteiger partial charge in [0.1, 0.15) is 0 Å². The Balaban J connectivity index is 1.56. The Hall–Kier alpha value is -2.22. The Morgan fingerprint density at radius 2 is 1.70 bits per heavy atom. The first-order valence-electron chi connectivity index (χ1n) is 10.4. The molecule has 7 heteroatoms. The lowest BCUT2D eigenvalue weighted by molar-refractivity contribution is 0.0950. The summed E-state index contributed by atoms with van der Waals surface area (Å²) in [4.78, 5) is 15.1. The highest BCUT2D eigenvalue weighted by Crippen LogP contribution is 2.18. The van der Waals surface area contributed by atoms with Crippen LogP contribution in [0.1, 0.15) is 41.3 Å². The van der Waals surface area contributed by atoms with Gasteiger partial charge >= 0.3 is 0 Å². The summed E-state index contributed by atoms with van der Waals surface area (Å²) in [6.45, 7) is 5.98. The van der Waals surface area contributed by atoms with Crippen LogP contribution in [-0.4, -0.2) is 50.7 Å². The molecule has 0 unspecified atom stereocenters. The molecule has 2 aromatic rings. The third-order valence-electron chi connectivity index (χ3n) is 5.63. The van der Waals surface area contributed by atoms with Gasteiger partial charge in [-0.2, -0.15) is 0 Å². The van der Waals surface area contributed by atoms with E-state index < -0.39 is 10.0 Å². The molecule has 0 spiro atoms. The molecular formula is C23H31N3O3S. The molecule has 1 aliphatic rings. The molecule has 0 radical (unpaired) electrons. The van der Waals surface area contributed by atoms with Crippen LogP contribution < -0.4 is 5.32 Å². The Labute approximate surface area is 179 Å². The van der Waals surface area contributed by atoms with E-state index in [1.807, 2.05) is 12.1 Å². The monoisotopic (exact) mass is 429 g/mol. The van der Waals surface area contributed by atoms with Crippen molar-refractivity contribution in [1.82, 2.24) is 14.5 Å². The maximum Gasteiger partial charge on any atom is 0.251 e. The molecule has 1 fully saturated rings. The van der Waals surface area contributed by atoms with Crippen molar-refractivity contribution < 1.29 is 13.2 Å². The maximum absolute atomic E-state index is 12.5. The summed E-state index contributed by atoms with van der Waals surface area (Å²) in [7, 11) is -0.631. The SMILES string of the molecule is CC1CCN(Cc2ccc(CNC(=O)c3cccc(S(=O)(=O)N(C)C)c3)cc2)CC1. The van der Waals surface area contributed by atoms with E-state index >= 15 is 0 Å². The molecule has 1 saturated heterocycles. The molecule has 0 saturated carbocycles. The predicted molar refractivity (Wildman–Crippen MR) is 119 cm³/mol. The fourth-order valence-corrected chi connectivity index (χ4v) is 4.48. The first kappa shape index (κ1) is 22.5. The van der Waals surface area contributed by atoms with Gasteiger partial charge in [0.05, 0.1) is 4.90 Å². The molecule has 1 amide bonds. The molecule has 2 aromatic carbocycles. The highest BCUT2D eigenvalue weighted by atomic mass is 32.2. The molecule has 3 rings (SSSR count). The zero-order valence-corrected chi connectivity index (χ0v) is 18.8. The van der Waals surface area contributed by atoms with E-state index in [0.29, 0.717) is 12.1 Å². The maximum atomic E-state index is 12.5. The zero-order valence-electron chi connectivity index (χ0n) is 18.0. The van der Waals surface area contributed by atoms with E-state index in [1.54, 1.807) is 12.1 Å². The standard InChI is InChI=1S/C23H31N3O3S/c1-18-11-13-26(14-12-18)17-20-9-7-19(8-10-20)16-24-23(27)21-5-4-6-22(15-21)30(28,29)25(2)3/h4-10,15,18H,11-14,16-17H2,1-3H3,(H,24,27). The number of likely N-dealkylation sites (tertiary alicyclic amines) is 1. The number of carbonyl (C=O) groups excluding carboxylic acids is 1. The first-order valence-corrected chi connectivity index (χ1v) is 11.8. The van der Waals surface area contributed by atoms with E-state index in [1.165, 1.54) is 44.6 Å². The third-order valence-corrected chi connectivity index (χ3v) is 7.44. The van der Waals surface area contributed by atoms with Crippen molar-refractivity contribution >= 4 is 15.9 Å². The van der Waals surface area contributed by atoms with Crippen LogP contribution in [-0.2, 0) is 23.1 Å². The smallest absolute Gasteiger partial charge is 0.251 e. The summed E-state index contributed by atoms with van der Waals surface area (Å²) in [5.74, 6) is 0.535. The molecule has 0 atom stereocenters. The predicted octanol–water partition coefficient (Wildman–Crippen LogP) is 3.10. The van der Waals surface area contributed by atoms with Crippen LogP contribution in [0.15, 0.2) is 53.4 Å². The second-order valence-electron chi connectivity index (χ2n) is 8.27. The van der Waals surface area contributed by atoms with Crippen LogP contribution in [0, 0.1) is 5.92 Å². The van der Waals surface area contributed by atoms with Gasteiger partial charge in [-0.15, -0.1) is 0 Å². The molecular weight excluding hydrogens is 398 g/mol. The third kappa shape index (κ3) is 5.68. The zero-order chi connectivity index (χ0) is 21.7. The van der Waals surface area contributed by atoms with Crippen LogP contribution in [0.4, 0.5) is 0 Å². The number of benzene rings is 2. The van der Waals surface area contributed by atoms with Gasteiger partial charge in [0, 0.05) is 32.7 Å². The van der Waals surface area contributed by atoms with Crippen LogP contribution in [0.2, 0.25) is 0 Å². The minimum Gasteiger partial charge on any atom is -0.348 e. The summed E-state index contributed by atoms with van der Waals surface area (Å²) in [5.41, 5.74) is 2.62. The van der Waals surface area contributed by atoms with Crippen molar-refractivity contribution in [3.05, 3.63) is 65.2 Å². The van der Waals surface area contributed by atoms with Crippen LogP contribution in [0.25, 0.3) is 0 Å². The number of hydrogen-bond acceptors (Lipinski definition) is 4. The van der Waals surface area contributed by atoms with Gasteiger partial charge in [-0.3, -0.25) is 9.69 Å². The first-order chi connectivity index (χ1) is 14.3. The molecule has 6 nitrogen and oxygen atoms in total. The van der Waals surface area contributed by atoms with Crippen LogP contribution in [0.3, 0.4) is 0 Å². The highest BCUT2D eigenvalue weighted by Gasteiger charge is 2.19. The molecule has 1 N–H and O–H groups in total. The Morgan fingerprint density at radius 3 is 2.33 bits per heavy atom. The lowest BCUT2D eigenvalue weighted by Crippen LogP contribution is -2.32. The topological polar surface area (TPSA) is 69.7 Å². The number of carbonyl (C=O) groups is 1. The Kier molecular flexibility index (Phi) is 7.28. The second kappa shape index (κ2) is 9.73. The normalized spacial score (nSPS) is 16.0. The van der Waals surface area contributed by atoms with Crippen molar-refractivity contribution in [2.24, 2.45) is 5.92 Å². The number of amides is 1. The molecule has 1 heterocycles. The van der Waals surface area contributed by atoms with Crippen LogP contribution >= 0.6 is 0 Å². The van der Waals surface area contributed by atoms with Gasteiger partial charge in [-0.05, 0) is 61.2 Å². The van der Waals surface area contributed by atoms with Crippen LogP contribution in [0.5, 0.6) is 0 Å². The Bertz CT molecular complexity index is 963. The Morgan fingerprint density at radius 1 is 1.07 bits per heavy atom. The number of nitrogens with zero attached hydrogens (tertiary/aromatic N) is 2.